The Bertz CT molecular complexity index is 518. The van der Waals surface area contributed by atoms with Crippen LogP contribution in [-0.4, -0.2) is 13.5 Å². The van der Waals surface area contributed by atoms with Crippen molar-refractivity contribution in [3.05, 3.63) is 17.7 Å². The van der Waals surface area contributed by atoms with Gasteiger partial charge in [-0.05, 0) is 6.07 Å². The Hall–Kier alpha value is -0.900. The molecule has 0 bridgehead atoms. The second-order valence-electron chi connectivity index (χ2n) is 2.39. The van der Waals surface area contributed by atoms with E-state index in [1.54, 1.807) is 6.07 Å². The van der Waals surface area contributed by atoms with E-state index >= 15 is 0 Å². The second-order valence-corrected chi connectivity index (χ2v) is 5.40. The van der Waals surface area contributed by atoms with Crippen molar-refractivity contribution in [1.29, 1.82) is 5.26 Å². The molecule has 0 aliphatic rings. The number of benzene rings is 1. The van der Waals surface area contributed by atoms with Gasteiger partial charge in [0.1, 0.15) is 16.7 Å². The average molecular weight is 250 g/mol. The van der Waals surface area contributed by atoms with Gasteiger partial charge in [0.25, 0.3) is 9.05 Å². The van der Waals surface area contributed by atoms with Gasteiger partial charge >= 0.3 is 0 Å². The minimum atomic E-state index is -4.02. The van der Waals surface area contributed by atoms with Gasteiger partial charge in [-0.3, -0.25) is 0 Å². The van der Waals surface area contributed by atoms with Crippen molar-refractivity contribution in [3.8, 4) is 11.8 Å². The molecule has 0 aromatic heterocycles. The van der Waals surface area contributed by atoms with Crippen LogP contribution in [0.5, 0.6) is 5.75 Å². The standard InChI is InChI=1S/C7H4ClNO3S2/c8-14(11,12)7-2-6(13)4(3-9)1-5(7)10/h1-2,10,13H. The Labute approximate surface area is 90.6 Å². The first kappa shape index (κ1) is 11.2. The number of phenols is 1. The van der Waals surface area contributed by atoms with E-state index in [-0.39, 0.29) is 10.5 Å². The first-order valence-electron chi connectivity index (χ1n) is 3.27. The highest BCUT2D eigenvalue weighted by atomic mass is 35.7. The fourth-order valence-corrected chi connectivity index (χ4v) is 2.11. The molecular weight excluding hydrogens is 246 g/mol. The van der Waals surface area contributed by atoms with E-state index in [4.69, 9.17) is 15.9 Å². The highest BCUT2D eigenvalue weighted by molar-refractivity contribution is 8.13. The zero-order chi connectivity index (χ0) is 10.9. The lowest BCUT2D eigenvalue weighted by atomic mass is 10.2. The van der Waals surface area contributed by atoms with Gasteiger partial charge in [-0.25, -0.2) is 8.42 Å². The third kappa shape index (κ3) is 2.12. The summed E-state index contributed by atoms with van der Waals surface area (Å²) in [6.07, 6.45) is 0. The molecule has 0 atom stereocenters. The van der Waals surface area contributed by atoms with E-state index in [1.165, 1.54) is 0 Å². The largest absolute Gasteiger partial charge is 0.506 e. The fraction of sp³-hybridized carbons (Fsp3) is 0. The van der Waals surface area contributed by atoms with Gasteiger partial charge in [0.05, 0.1) is 5.56 Å². The summed E-state index contributed by atoms with van der Waals surface area (Å²) in [6, 6.07) is 3.77. The van der Waals surface area contributed by atoms with Gasteiger partial charge in [0, 0.05) is 21.6 Å². The molecule has 0 heterocycles. The highest BCUT2D eigenvalue weighted by Gasteiger charge is 2.17. The van der Waals surface area contributed by atoms with E-state index < -0.39 is 19.7 Å². The van der Waals surface area contributed by atoms with Crippen molar-refractivity contribution in [2.24, 2.45) is 0 Å². The molecule has 0 saturated heterocycles. The van der Waals surface area contributed by atoms with Crippen molar-refractivity contribution >= 4 is 32.4 Å². The van der Waals surface area contributed by atoms with Crippen molar-refractivity contribution in [3.63, 3.8) is 0 Å². The van der Waals surface area contributed by atoms with Crippen molar-refractivity contribution in [2.75, 3.05) is 0 Å². The van der Waals surface area contributed by atoms with Gasteiger partial charge < -0.3 is 5.11 Å². The molecule has 74 valence electrons. The molecule has 0 amide bonds. The molecule has 0 unspecified atom stereocenters. The summed E-state index contributed by atoms with van der Waals surface area (Å²) in [5, 5.41) is 17.8. The maximum absolute atomic E-state index is 10.9. The van der Waals surface area contributed by atoms with Crippen LogP contribution in [0.4, 0.5) is 0 Å². The Morgan fingerprint density at radius 3 is 2.50 bits per heavy atom. The molecule has 0 saturated carbocycles. The van der Waals surface area contributed by atoms with Crippen LogP contribution in [0.1, 0.15) is 5.56 Å². The summed E-state index contributed by atoms with van der Waals surface area (Å²) < 4.78 is 21.8. The number of hydrogen-bond acceptors (Lipinski definition) is 5. The summed E-state index contributed by atoms with van der Waals surface area (Å²) in [5.41, 5.74) is 0.0786. The average Bonchev–Trinajstić information content (AvgIpc) is 2.06. The van der Waals surface area contributed by atoms with Crippen LogP contribution in [0.15, 0.2) is 21.9 Å². The molecule has 0 aliphatic carbocycles. The Kier molecular flexibility index (Phi) is 2.95. The molecule has 1 aromatic rings. The monoisotopic (exact) mass is 249 g/mol. The predicted molar refractivity (Wildman–Crippen MR) is 53.1 cm³/mol. The lowest BCUT2D eigenvalue weighted by molar-refractivity contribution is 0.458. The van der Waals surface area contributed by atoms with Crippen LogP contribution in [-0.2, 0) is 9.05 Å². The van der Waals surface area contributed by atoms with Crippen LogP contribution in [0.25, 0.3) is 0 Å². The summed E-state index contributed by atoms with van der Waals surface area (Å²) in [6.45, 7) is 0. The molecule has 14 heavy (non-hydrogen) atoms. The molecule has 7 heteroatoms. The van der Waals surface area contributed by atoms with Crippen LogP contribution < -0.4 is 0 Å². The Balaban J connectivity index is 3.54. The fourth-order valence-electron chi connectivity index (χ4n) is 0.842. The topological polar surface area (TPSA) is 78.2 Å². The van der Waals surface area contributed by atoms with Crippen molar-refractivity contribution in [1.82, 2.24) is 0 Å². The minimum absolute atomic E-state index is 0.0786. The second kappa shape index (κ2) is 3.69. The van der Waals surface area contributed by atoms with Gasteiger partial charge in [0.15, 0.2) is 0 Å². The summed E-state index contributed by atoms with van der Waals surface area (Å²) >= 11 is 3.87. The van der Waals surface area contributed by atoms with E-state index in [1.807, 2.05) is 0 Å². The molecular formula is C7H4ClNO3S2. The number of hydrogen-bond donors (Lipinski definition) is 2. The Morgan fingerprint density at radius 1 is 1.50 bits per heavy atom. The normalized spacial score (nSPS) is 10.9. The maximum Gasteiger partial charge on any atom is 0.265 e. The van der Waals surface area contributed by atoms with Crippen LogP contribution >= 0.6 is 23.3 Å². The summed E-state index contributed by atoms with van der Waals surface area (Å²) in [5.74, 6) is -0.561. The molecule has 4 nitrogen and oxygen atoms in total. The lowest BCUT2D eigenvalue weighted by Gasteiger charge is -2.02. The summed E-state index contributed by atoms with van der Waals surface area (Å²) in [7, 11) is 1.01. The minimum Gasteiger partial charge on any atom is -0.506 e. The smallest absolute Gasteiger partial charge is 0.265 e. The Morgan fingerprint density at radius 2 is 2.07 bits per heavy atom. The summed E-state index contributed by atoms with van der Waals surface area (Å²) in [4.78, 5) is -0.312. The van der Waals surface area contributed by atoms with Crippen LogP contribution in [0.3, 0.4) is 0 Å². The number of nitrogens with zero attached hydrogens (tertiary/aromatic N) is 1. The number of thiol groups is 1. The van der Waals surface area contributed by atoms with E-state index in [0.29, 0.717) is 0 Å². The van der Waals surface area contributed by atoms with E-state index in [9.17, 15) is 13.5 Å². The predicted octanol–water partition coefficient (Wildman–Crippen LogP) is 1.48. The van der Waals surface area contributed by atoms with Crippen molar-refractivity contribution in [2.45, 2.75) is 9.79 Å². The zero-order valence-corrected chi connectivity index (χ0v) is 9.07. The van der Waals surface area contributed by atoms with Gasteiger partial charge in [-0.15, -0.1) is 12.6 Å². The third-order valence-electron chi connectivity index (χ3n) is 1.46. The van der Waals surface area contributed by atoms with Crippen LogP contribution in [0.2, 0.25) is 0 Å². The van der Waals surface area contributed by atoms with E-state index in [2.05, 4.69) is 12.6 Å². The van der Waals surface area contributed by atoms with Gasteiger partial charge in [0.2, 0.25) is 0 Å². The van der Waals surface area contributed by atoms with Crippen LogP contribution in [0, 0.1) is 11.3 Å². The number of halogens is 1. The molecule has 1 rings (SSSR count). The molecule has 0 radical (unpaired) electrons. The zero-order valence-electron chi connectivity index (χ0n) is 6.60. The first-order chi connectivity index (χ1) is 6.36. The van der Waals surface area contributed by atoms with Gasteiger partial charge in [-0.2, -0.15) is 5.26 Å². The molecule has 0 fully saturated rings. The number of phenolic OH excluding ortho intramolecular Hbond substituents is 1. The SMILES string of the molecule is N#Cc1cc(O)c(S(=O)(=O)Cl)cc1S. The quantitative estimate of drug-likeness (QED) is 0.584. The highest BCUT2D eigenvalue weighted by Crippen LogP contribution is 2.30. The third-order valence-corrected chi connectivity index (χ3v) is 3.18. The molecule has 0 spiro atoms. The molecule has 0 aliphatic heterocycles. The first-order valence-corrected chi connectivity index (χ1v) is 6.02. The van der Waals surface area contributed by atoms with E-state index in [0.717, 1.165) is 12.1 Å². The van der Waals surface area contributed by atoms with Crippen molar-refractivity contribution < 1.29 is 13.5 Å². The van der Waals surface area contributed by atoms with Gasteiger partial charge in [-0.1, -0.05) is 0 Å². The molecule has 1 aromatic carbocycles. The lowest BCUT2D eigenvalue weighted by Crippen LogP contribution is -1.93. The number of aromatic hydroxyl groups is 1. The maximum atomic E-state index is 10.9. The number of rotatable bonds is 1. The number of nitriles is 1. The molecule has 1 N–H and O–H groups in total.